The van der Waals surface area contributed by atoms with Gasteiger partial charge in [-0.05, 0) is 48.0 Å². The molecule has 0 fully saturated rings. The summed E-state index contributed by atoms with van der Waals surface area (Å²) in [6.45, 7) is 4.74. The van der Waals surface area contributed by atoms with Crippen LogP contribution in [0.15, 0.2) is 22.7 Å². The highest BCUT2D eigenvalue weighted by molar-refractivity contribution is 9.10. The molecule has 2 nitrogen and oxygen atoms in total. The number of benzene rings is 1. The largest absolute Gasteiger partial charge is 0.416 e. The zero-order valence-electron chi connectivity index (χ0n) is 10.1. The molecule has 0 saturated carbocycles. The molecular weight excluding hydrogens is 311 g/mol. The summed E-state index contributed by atoms with van der Waals surface area (Å²) in [4.78, 5) is 0. The molecule has 1 aromatic carbocycles. The zero-order chi connectivity index (χ0) is 13.8. The number of halogens is 4. The van der Waals surface area contributed by atoms with E-state index in [1.165, 1.54) is 6.07 Å². The van der Waals surface area contributed by atoms with Crippen LogP contribution >= 0.6 is 15.9 Å². The van der Waals surface area contributed by atoms with Crippen LogP contribution in [-0.2, 0) is 10.9 Å². The predicted octanol–water partition coefficient (Wildman–Crippen LogP) is 4.30. The molecule has 102 valence electrons. The van der Waals surface area contributed by atoms with Gasteiger partial charge in [0.1, 0.15) is 0 Å². The summed E-state index contributed by atoms with van der Waals surface area (Å²) >= 11 is 3.22. The van der Waals surface area contributed by atoms with Crippen molar-refractivity contribution in [3.63, 3.8) is 0 Å². The molecule has 0 amide bonds. The fraction of sp³-hybridized carbons (Fsp3) is 0.500. The van der Waals surface area contributed by atoms with Crippen molar-refractivity contribution >= 4 is 21.6 Å². The lowest BCUT2D eigenvalue weighted by molar-refractivity contribution is -0.137. The van der Waals surface area contributed by atoms with Gasteiger partial charge in [-0.15, -0.1) is 0 Å². The SMILES string of the molecule is CCOCC(C)Nc1cc(C(F)(F)F)ccc1Br. The molecule has 1 atom stereocenters. The molecule has 0 aromatic heterocycles. The van der Waals surface area contributed by atoms with Crippen LogP contribution in [0.4, 0.5) is 18.9 Å². The van der Waals surface area contributed by atoms with Gasteiger partial charge in [0, 0.05) is 22.8 Å². The van der Waals surface area contributed by atoms with Crippen molar-refractivity contribution in [1.29, 1.82) is 0 Å². The van der Waals surface area contributed by atoms with E-state index in [9.17, 15) is 13.2 Å². The molecule has 0 heterocycles. The third-order valence-electron chi connectivity index (χ3n) is 2.27. The van der Waals surface area contributed by atoms with E-state index < -0.39 is 11.7 Å². The Balaban J connectivity index is 2.81. The lowest BCUT2D eigenvalue weighted by Crippen LogP contribution is -2.22. The van der Waals surface area contributed by atoms with Crippen molar-refractivity contribution in [3.8, 4) is 0 Å². The Bertz CT molecular complexity index is 395. The normalized spacial score (nSPS) is 13.4. The summed E-state index contributed by atoms with van der Waals surface area (Å²) in [5.74, 6) is 0. The fourth-order valence-corrected chi connectivity index (χ4v) is 1.78. The minimum absolute atomic E-state index is 0.0651. The Morgan fingerprint density at radius 1 is 1.39 bits per heavy atom. The van der Waals surface area contributed by atoms with E-state index in [4.69, 9.17) is 4.74 Å². The average Bonchev–Trinajstić information content (AvgIpc) is 2.28. The van der Waals surface area contributed by atoms with Crippen molar-refractivity contribution in [2.24, 2.45) is 0 Å². The molecule has 18 heavy (non-hydrogen) atoms. The molecule has 1 unspecified atom stereocenters. The minimum Gasteiger partial charge on any atom is -0.380 e. The maximum Gasteiger partial charge on any atom is 0.416 e. The summed E-state index contributed by atoms with van der Waals surface area (Å²) in [7, 11) is 0. The van der Waals surface area contributed by atoms with Gasteiger partial charge in [0.05, 0.1) is 12.2 Å². The Morgan fingerprint density at radius 3 is 2.61 bits per heavy atom. The van der Waals surface area contributed by atoms with Crippen LogP contribution in [0.25, 0.3) is 0 Å². The quantitative estimate of drug-likeness (QED) is 0.871. The average molecular weight is 326 g/mol. The standard InChI is InChI=1S/C12H15BrF3NO/c1-3-18-7-8(2)17-11-6-9(12(14,15)16)4-5-10(11)13/h4-6,8,17H,3,7H2,1-2H3. The van der Waals surface area contributed by atoms with Gasteiger partial charge in [0.2, 0.25) is 0 Å². The topological polar surface area (TPSA) is 21.3 Å². The van der Waals surface area contributed by atoms with Crippen molar-refractivity contribution in [2.75, 3.05) is 18.5 Å². The molecule has 1 N–H and O–H groups in total. The molecule has 0 bridgehead atoms. The second kappa shape index (κ2) is 6.43. The van der Waals surface area contributed by atoms with E-state index >= 15 is 0 Å². The van der Waals surface area contributed by atoms with Gasteiger partial charge >= 0.3 is 6.18 Å². The van der Waals surface area contributed by atoms with E-state index in [1.54, 1.807) is 0 Å². The number of hydrogen-bond acceptors (Lipinski definition) is 2. The van der Waals surface area contributed by atoms with E-state index in [0.29, 0.717) is 23.4 Å². The molecule has 0 saturated heterocycles. The number of ether oxygens (including phenoxy) is 1. The van der Waals surface area contributed by atoms with Gasteiger partial charge in [0.25, 0.3) is 0 Å². The number of nitrogens with one attached hydrogen (secondary N) is 1. The first-order valence-electron chi connectivity index (χ1n) is 5.55. The highest BCUT2D eigenvalue weighted by Gasteiger charge is 2.30. The van der Waals surface area contributed by atoms with Gasteiger partial charge in [-0.3, -0.25) is 0 Å². The molecule has 0 spiro atoms. The van der Waals surface area contributed by atoms with Crippen LogP contribution in [0.2, 0.25) is 0 Å². The Hall–Kier alpha value is -0.750. The second-order valence-electron chi connectivity index (χ2n) is 3.90. The van der Waals surface area contributed by atoms with Gasteiger partial charge < -0.3 is 10.1 Å². The summed E-state index contributed by atoms with van der Waals surface area (Å²) in [6, 6.07) is 3.46. The third-order valence-corrected chi connectivity index (χ3v) is 2.96. The smallest absolute Gasteiger partial charge is 0.380 e. The monoisotopic (exact) mass is 325 g/mol. The van der Waals surface area contributed by atoms with E-state index in [0.717, 1.165) is 12.1 Å². The highest BCUT2D eigenvalue weighted by Crippen LogP contribution is 2.34. The summed E-state index contributed by atoms with van der Waals surface area (Å²) in [6.07, 6.45) is -4.33. The molecule has 0 aliphatic carbocycles. The van der Waals surface area contributed by atoms with Crippen LogP contribution in [0, 0.1) is 0 Å². The molecular formula is C12H15BrF3NO. The maximum absolute atomic E-state index is 12.6. The van der Waals surface area contributed by atoms with Crippen LogP contribution in [-0.4, -0.2) is 19.3 Å². The van der Waals surface area contributed by atoms with Crippen LogP contribution in [0.1, 0.15) is 19.4 Å². The van der Waals surface area contributed by atoms with E-state index in [-0.39, 0.29) is 6.04 Å². The van der Waals surface area contributed by atoms with Crippen LogP contribution < -0.4 is 5.32 Å². The molecule has 6 heteroatoms. The first-order valence-corrected chi connectivity index (χ1v) is 6.35. The van der Waals surface area contributed by atoms with Crippen molar-refractivity contribution in [2.45, 2.75) is 26.1 Å². The molecule has 1 rings (SSSR count). The van der Waals surface area contributed by atoms with E-state index in [1.807, 2.05) is 13.8 Å². The van der Waals surface area contributed by atoms with Crippen molar-refractivity contribution < 1.29 is 17.9 Å². The lowest BCUT2D eigenvalue weighted by atomic mass is 10.2. The maximum atomic E-state index is 12.6. The van der Waals surface area contributed by atoms with Gasteiger partial charge in [0.15, 0.2) is 0 Å². The van der Waals surface area contributed by atoms with Gasteiger partial charge in [-0.25, -0.2) is 0 Å². The first-order chi connectivity index (χ1) is 8.34. The first kappa shape index (κ1) is 15.3. The number of anilines is 1. The van der Waals surface area contributed by atoms with Gasteiger partial charge in [-0.2, -0.15) is 13.2 Å². The molecule has 0 aliphatic heterocycles. The Kier molecular flexibility index (Phi) is 5.47. The third kappa shape index (κ3) is 4.49. The van der Waals surface area contributed by atoms with Crippen molar-refractivity contribution in [1.82, 2.24) is 0 Å². The summed E-state index contributed by atoms with van der Waals surface area (Å²) in [5.41, 5.74) is -0.256. The van der Waals surface area contributed by atoms with Crippen molar-refractivity contribution in [3.05, 3.63) is 28.2 Å². The van der Waals surface area contributed by atoms with Gasteiger partial charge in [-0.1, -0.05) is 0 Å². The Labute approximate surface area is 113 Å². The summed E-state index contributed by atoms with van der Waals surface area (Å²) in [5, 5.41) is 2.99. The summed E-state index contributed by atoms with van der Waals surface area (Å²) < 4.78 is 43.5. The predicted molar refractivity (Wildman–Crippen MR) is 68.7 cm³/mol. The Morgan fingerprint density at radius 2 is 2.06 bits per heavy atom. The molecule has 0 aliphatic rings. The van der Waals surface area contributed by atoms with E-state index in [2.05, 4.69) is 21.2 Å². The number of hydrogen-bond donors (Lipinski definition) is 1. The second-order valence-corrected chi connectivity index (χ2v) is 4.75. The lowest BCUT2D eigenvalue weighted by Gasteiger charge is -2.17. The number of alkyl halides is 3. The minimum atomic E-state index is -4.33. The van der Waals surface area contributed by atoms with Crippen LogP contribution in [0.3, 0.4) is 0 Å². The van der Waals surface area contributed by atoms with Crippen LogP contribution in [0.5, 0.6) is 0 Å². The molecule has 0 radical (unpaired) electrons. The fourth-order valence-electron chi connectivity index (χ4n) is 1.41. The zero-order valence-corrected chi connectivity index (χ0v) is 11.7. The highest BCUT2D eigenvalue weighted by atomic mass is 79.9. The molecule has 1 aromatic rings. The number of rotatable bonds is 5.